The average Bonchev–Trinajstić information content (AvgIpc) is 3.22. The zero-order valence-electron chi connectivity index (χ0n) is 18.1. The molecule has 29 heavy (non-hydrogen) atoms. The van der Waals surface area contributed by atoms with Crippen LogP contribution >= 0.6 is 24.8 Å². The molecule has 4 rings (SSSR count). The highest BCUT2D eigenvalue weighted by atomic mass is 32.1. The number of fused-ring (bicyclic) bond motifs is 3. The fourth-order valence-corrected chi connectivity index (χ4v) is 6.53. The van der Waals surface area contributed by atoms with Crippen LogP contribution in [0, 0.1) is 0 Å². The molecular formula is C22H35N3O2S2. The highest BCUT2D eigenvalue weighted by Gasteiger charge is 2.37. The minimum Gasteiger partial charge on any atom is -0.474 e. The number of aromatic nitrogens is 2. The van der Waals surface area contributed by atoms with Gasteiger partial charge in [0.15, 0.2) is 0 Å². The number of nitrogens with zero attached hydrogens (tertiary/aromatic N) is 3. The zero-order valence-corrected chi connectivity index (χ0v) is 19.9. The lowest BCUT2D eigenvalue weighted by molar-refractivity contribution is 0.0402. The van der Waals surface area contributed by atoms with Gasteiger partial charge in [-0.15, -0.1) is 11.3 Å². The Bertz CT molecular complexity index is 829. The number of ether oxygens (including phenoxy) is 1. The van der Waals surface area contributed by atoms with E-state index in [-0.39, 0.29) is 25.7 Å². The van der Waals surface area contributed by atoms with Crippen LogP contribution in [0.15, 0.2) is 6.33 Å². The Morgan fingerprint density at radius 2 is 2.00 bits per heavy atom. The van der Waals surface area contributed by atoms with Crippen LogP contribution in [0.4, 0.5) is 0 Å². The molecule has 1 fully saturated rings. The third kappa shape index (κ3) is 4.29. The van der Waals surface area contributed by atoms with Crippen LogP contribution in [0.5, 0.6) is 5.88 Å². The van der Waals surface area contributed by atoms with E-state index < -0.39 is 0 Å². The summed E-state index contributed by atoms with van der Waals surface area (Å²) in [5, 5.41) is 11.0. The normalized spacial score (nSPS) is 27.7. The van der Waals surface area contributed by atoms with Gasteiger partial charge in [0.1, 0.15) is 17.3 Å². The number of thiophene rings is 1. The Hall–Kier alpha value is -0.890. The second kappa shape index (κ2) is 9.08. The average molecular weight is 438 g/mol. The van der Waals surface area contributed by atoms with E-state index in [2.05, 4.69) is 35.9 Å². The molecule has 2 atom stereocenters. The number of rotatable bonds is 6. The number of hydrogen-bond acceptors (Lipinski definition) is 6. The van der Waals surface area contributed by atoms with Crippen molar-refractivity contribution in [3.05, 3.63) is 16.8 Å². The second-order valence-electron chi connectivity index (χ2n) is 8.91. The fourth-order valence-electron chi connectivity index (χ4n) is 5.30. The predicted octanol–water partition coefficient (Wildman–Crippen LogP) is 4.64. The summed E-state index contributed by atoms with van der Waals surface area (Å²) < 4.78 is 6.50. The second-order valence-corrected chi connectivity index (χ2v) is 9.99. The van der Waals surface area contributed by atoms with Gasteiger partial charge < -0.3 is 14.7 Å². The molecule has 2 aliphatic carbocycles. The molecule has 5 nitrogen and oxygen atoms in total. The van der Waals surface area contributed by atoms with Crippen molar-refractivity contribution in [2.24, 2.45) is 0 Å². The lowest BCUT2D eigenvalue weighted by Crippen LogP contribution is -2.48. The molecule has 0 aliphatic heterocycles. The Morgan fingerprint density at radius 1 is 1.28 bits per heavy atom. The molecule has 162 valence electrons. The molecule has 7 heteroatoms. The van der Waals surface area contributed by atoms with Crippen molar-refractivity contribution in [2.45, 2.75) is 88.9 Å². The molecule has 0 unspecified atom stereocenters. The summed E-state index contributed by atoms with van der Waals surface area (Å²) in [6.07, 6.45) is 10.2. The molecule has 2 heterocycles. The Kier molecular flexibility index (Phi) is 7.14. The van der Waals surface area contributed by atoms with Gasteiger partial charge in [0.25, 0.3) is 0 Å². The molecule has 0 radical (unpaired) electrons. The molecule has 2 aliphatic rings. The summed E-state index contributed by atoms with van der Waals surface area (Å²) >= 11 is 1.78. The summed E-state index contributed by atoms with van der Waals surface area (Å²) in [4.78, 5) is 13.9. The molecule has 0 aromatic carbocycles. The van der Waals surface area contributed by atoms with Crippen LogP contribution in [0.1, 0.15) is 75.2 Å². The fraction of sp³-hybridized carbons (Fsp3) is 0.727. The van der Waals surface area contributed by atoms with Crippen molar-refractivity contribution in [2.75, 3.05) is 14.1 Å². The molecule has 0 saturated heterocycles. The zero-order chi connectivity index (χ0) is 19.9. The monoisotopic (exact) mass is 437 g/mol. The lowest BCUT2D eigenvalue weighted by Gasteiger charge is -2.44. The van der Waals surface area contributed by atoms with E-state index in [0.29, 0.717) is 11.5 Å². The van der Waals surface area contributed by atoms with E-state index in [1.165, 1.54) is 29.7 Å². The highest BCUT2D eigenvalue weighted by molar-refractivity contribution is 7.59. The topological polar surface area (TPSA) is 58.5 Å². The standard InChI is InChI=1S/C22H33N3O2S.H2S/c1-5-22(25(3)4)10-8-16(9-11-22)27-20-19-18-15(12-14(2)26)6-7-17(18)28-21(19)24-13-23-20;/h13-16,26H,5-12H2,1-4H3;1H2/t14-,15-,16?,22?;/m1./s1. The van der Waals surface area contributed by atoms with Crippen LogP contribution in [-0.2, 0) is 6.42 Å². The third-order valence-electron chi connectivity index (χ3n) is 7.07. The summed E-state index contributed by atoms with van der Waals surface area (Å²) in [5.41, 5.74) is 1.66. The van der Waals surface area contributed by atoms with Crippen LogP contribution in [0.2, 0.25) is 0 Å². The summed E-state index contributed by atoms with van der Waals surface area (Å²) in [6, 6.07) is 0. The van der Waals surface area contributed by atoms with E-state index in [0.717, 1.165) is 48.2 Å². The van der Waals surface area contributed by atoms with Gasteiger partial charge in [-0.2, -0.15) is 13.5 Å². The molecule has 0 amide bonds. The number of hydrogen-bond donors (Lipinski definition) is 1. The SMILES string of the molecule is CCC1(N(C)C)CCC(Oc2ncnc3sc4c(c23)[C@@H](C[C@@H](C)O)CC4)CC1.S. The molecule has 1 saturated carbocycles. The highest BCUT2D eigenvalue weighted by Crippen LogP contribution is 2.48. The Labute approximate surface area is 185 Å². The Morgan fingerprint density at radius 3 is 2.62 bits per heavy atom. The number of aliphatic hydroxyl groups excluding tert-OH is 1. The van der Waals surface area contributed by atoms with Gasteiger partial charge in [-0.05, 0) is 83.9 Å². The molecule has 2 aromatic rings. The largest absolute Gasteiger partial charge is 0.474 e. The van der Waals surface area contributed by atoms with E-state index in [1.807, 2.05) is 6.92 Å². The van der Waals surface area contributed by atoms with Gasteiger partial charge in [-0.25, -0.2) is 9.97 Å². The first-order valence-electron chi connectivity index (χ1n) is 10.7. The maximum absolute atomic E-state index is 9.93. The van der Waals surface area contributed by atoms with Crippen LogP contribution in [0.3, 0.4) is 0 Å². The maximum Gasteiger partial charge on any atom is 0.225 e. The van der Waals surface area contributed by atoms with Gasteiger partial charge in [0, 0.05) is 10.4 Å². The lowest BCUT2D eigenvalue weighted by atomic mass is 9.77. The van der Waals surface area contributed by atoms with Gasteiger partial charge >= 0.3 is 0 Å². The molecule has 2 aromatic heterocycles. The van der Waals surface area contributed by atoms with Crippen molar-refractivity contribution < 1.29 is 9.84 Å². The van der Waals surface area contributed by atoms with Crippen molar-refractivity contribution in [3.63, 3.8) is 0 Å². The minimum atomic E-state index is -0.286. The van der Waals surface area contributed by atoms with Crippen LogP contribution < -0.4 is 4.74 Å². The molecular weight excluding hydrogens is 402 g/mol. The van der Waals surface area contributed by atoms with Crippen LogP contribution in [0.25, 0.3) is 10.2 Å². The number of aliphatic hydroxyl groups is 1. The summed E-state index contributed by atoms with van der Waals surface area (Å²) in [7, 11) is 4.41. The first-order chi connectivity index (χ1) is 13.4. The Balaban J connectivity index is 0.00000240. The van der Waals surface area contributed by atoms with E-state index in [9.17, 15) is 5.11 Å². The third-order valence-corrected chi connectivity index (χ3v) is 8.24. The van der Waals surface area contributed by atoms with Crippen LogP contribution in [-0.4, -0.2) is 51.8 Å². The summed E-state index contributed by atoms with van der Waals surface area (Å²) in [6.45, 7) is 4.18. The van der Waals surface area contributed by atoms with Crippen molar-refractivity contribution >= 4 is 35.0 Å². The van der Waals surface area contributed by atoms with E-state index in [1.54, 1.807) is 17.7 Å². The predicted molar refractivity (Wildman–Crippen MR) is 125 cm³/mol. The van der Waals surface area contributed by atoms with E-state index >= 15 is 0 Å². The number of aryl methyl sites for hydroxylation is 1. The first kappa shape index (κ1) is 22.8. The van der Waals surface area contributed by atoms with Gasteiger partial charge in [0.2, 0.25) is 5.88 Å². The molecule has 0 spiro atoms. The molecule has 0 bridgehead atoms. The smallest absolute Gasteiger partial charge is 0.225 e. The van der Waals surface area contributed by atoms with Gasteiger partial charge in [-0.1, -0.05) is 6.92 Å². The summed E-state index contributed by atoms with van der Waals surface area (Å²) in [5.74, 6) is 1.16. The van der Waals surface area contributed by atoms with Crippen molar-refractivity contribution in [3.8, 4) is 5.88 Å². The quantitative estimate of drug-likeness (QED) is 0.714. The maximum atomic E-state index is 9.93. The molecule has 1 N–H and O–H groups in total. The van der Waals surface area contributed by atoms with Crippen molar-refractivity contribution in [1.29, 1.82) is 0 Å². The van der Waals surface area contributed by atoms with Gasteiger partial charge in [0.05, 0.1) is 11.5 Å². The van der Waals surface area contributed by atoms with Crippen molar-refractivity contribution in [1.82, 2.24) is 14.9 Å². The minimum absolute atomic E-state index is 0. The van der Waals surface area contributed by atoms with E-state index in [4.69, 9.17) is 4.74 Å². The van der Waals surface area contributed by atoms with Gasteiger partial charge in [-0.3, -0.25) is 0 Å². The first-order valence-corrected chi connectivity index (χ1v) is 11.5.